The predicted molar refractivity (Wildman–Crippen MR) is 81.8 cm³/mol. The fraction of sp³-hybridized carbons (Fsp3) is 0.647. The van der Waals surface area contributed by atoms with Crippen LogP contribution in [0.25, 0.3) is 0 Å². The molecule has 3 unspecified atom stereocenters. The lowest BCUT2D eigenvalue weighted by atomic mass is 9.97. The van der Waals surface area contributed by atoms with Gasteiger partial charge in [0.15, 0.2) is 0 Å². The minimum Gasteiger partial charge on any atom is -0.387 e. The van der Waals surface area contributed by atoms with Crippen LogP contribution in [0.15, 0.2) is 24.3 Å². The van der Waals surface area contributed by atoms with Gasteiger partial charge < -0.3 is 9.84 Å². The standard InChI is InChI=1S/C17H27NO2/c1-4-18(13(2)12-20-3)16-11-7-9-14-8-5-6-10-15(14)17(16)19/h5-6,8,10,13,16-17,19H,4,7,9,11-12H2,1-3H3. The Morgan fingerprint density at radius 3 is 2.85 bits per heavy atom. The molecule has 0 radical (unpaired) electrons. The normalized spacial score (nSPS) is 24.2. The van der Waals surface area contributed by atoms with Crippen LogP contribution in [0.3, 0.4) is 0 Å². The van der Waals surface area contributed by atoms with Gasteiger partial charge in [0.05, 0.1) is 12.7 Å². The summed E-state index contributed by atoms with van der Waals surface area (Å²) in [6.07, 6.45) is 2.85. The summed E-state index contributed by atoms with van der Waals surface area (Å²) < 4.78 is 5.29. The lowest BCUT2D eigenvalue weighted by Crippen LogP contribution is -2.46. The number of benzene rings is 1. The van der Waals surface area contributed by atoms with E-state index in [0.29, 0.717) is 12.6 Å². The molecule has 0 saturated heterocycles. The summed E-state index contributed by atoms with van der Waals surface area (Å²) in [6, 6.07) is 8.84. The van der Waals surface area contributed by atoms with Gasteiger partial charge in [0.25, 0.3) is 0 Å². The van der Waals surface area contributed by atoms with Crippen LogP contribution < -0.4 is 0 Å². The monoisotopic (exact) mass is 277 g/mol. The zero-order valence-corrected chi connectivity index (χ0v) is 12.9. The molecule has 0 heterocycles. The first-order valence-electron chi connectivity index (χ1n) is 7.69. The smallest absolute Gasteiger partial charge is 0.0947 e. The van der Waals surface area contributed by atoms with E-state index in [1.807, 2.05) is 6.07 Å². The highest BCUT2D eigenvalue weighted by Crippen LogP contribution is 2.32. The summed E-state index contributed by atoms with van der Waals surface area (Å²) >= 11 is 0. The molecule has 0 aliphatic heterocycles. The Kier molecular flexibility index (Phi) is 5.58. The first kappa shape index (κ1) is 15.5. The number of rotatable bonds is 5. The Morgan fingerprint density at radius 1 is 1.40 bits per heavy atom. The topological polar surface area (TPSA) is 32.7 Å². The molecular formula is C17H27NO2. The van der Waals surface area contributed by atoms with Gasteiger partial charge in [-0.05, 0) is 43.9 Å². The van der Waals surface area contributed by atoms with Crippen molar-refractivity contribution in [1.29, 1.82) is 0 Å². The molecule has 2 rings (SSSR count). The maximum absolute atomic E-state index is 10.8. The molecule has 3 atom stereocenters. The van der Waals surface area contributed by atoms with Crippen LogP contribution in [-0.4, -0.2) is 42.4 Å². The number of nitrogens with zero attached hydrogens (tertiary/aromatic N) is 1. The molecule has 112 valence electrons. The van der Waals surface area contributed by atoms with Gasteiger partial charge >= 0.3 is 0 Å². The van der Waals surface area contributed by atoms with Crippen LogP contribution in [0, 0.1) is 0 Å². The Labute approximate surface area is 122 Å². The number of aliphatic hydroxyl groups excluding tert-OH is 1. The molecule has 1 aliphatic rings. The van der Waals surface area contributed by atoms with E-state index in [4.69, 9.17) is 4.74 Å². The van der Waals surface area contributed by atoms with E-state index in [2.05, 4.69) is 36.9 Å². The summed E-state index contributed by atoms with van der Waals surface area (Å²) in [4.78, 5) is 2.39. The molecule has 20 heavy (non-hydrogen) atoms. The zero-order valence-electron chi connectivity index (χ0n) is 12.9. The van der Waals surface area contributed by atoms with E-state index in [-0.39, 0.29) is 6.04 Å². The van der Waals surface area contributed by atoms with Gasteiger partial charge in [-0.15, -0.1) is 0 Å². The third-order valence-electron chi connectivity index (χ3n) is 4.45. The van der Waals surface area contributed by atoms with Crippen molar-refractivity contribution in [3.05, 3.63) is 35.4 Å². The Bertz CT molecular complexity index is 421. The second-order valence-corrected chi connectivity index (χ2v) is 5.74. The molecule has 0 bridgehead atoms. The molecule has 1 aromatic carbocycles. The SMILES string of the molecule is CCN(C(C)COC)C1CCCc2ccccc2C1O. The van der Waals surface area contributed by atoms with E-state index >= 15 is 0 Å². The average molecular weight is 277 g/mol. The fourth-order valence-corrected chi connectivity index (χ4v) is 3.47. The van der Waals surface area contributed by atoms with E-state index < -0.39 is 6.10 Å². The van der Waals surface area contributed by atoms with Crippen LogP contribution in [0.4, 0.5) is 0 Å². The number of fused-ring (bicyclic) bond motifs is 1. The van der Waals surface area contributed by atoms with Gasteiger partial charge in [-0.3, -0.25) is 4.90 Å². The Hall–Kier alpha value is -0.900. The van der Waals surface area contributed by atoms with Crippen molar-refractivity contribution in [3.8, 4) is 0 Å². The maximum atomic E-state index is 10.8. The van der Waals surface area contributed by atoms with Crippen LogP contribution in [0.5, 0.6) is 0 Å². The predicted octanol–water partition coefficient (Wildman–Crippen LogP) is 2.78. The van der Waals surface area contributed by atoms with Crippen LogP contribution in [-0.2, 0) is 11.2 Å². The third kappa shape index (κ3) is 3.22. The van der Waals surface area contributed by atoms with Gasteiger partial charge in [0.1, 0.15) is 0 Å². The molecule has 3 nitrogen and oxygen atoms in total. The van der Waals surface area contributed by atoms with E-state index in [9.17, 15) is 5.11 Å². The van der Waals surface area contributed by atoms with Gasteiger partial charge in [-0.1, -0.05) is 31.2 Å². The zero-order chi connectivity index (χ0) is 14.5. The van der Waals surface area contributed by atoms with Crippen molar-refractivity contribution in [2.24, 2.45) is 0 Å². The van der Waals surface area contributed by atoms with Crippen molar-refractivity contribution >= 4 is 0 Å². The van der Waals surface area contributed by atoms with E-state index in [1.54, 1.807) is 7.11 Å². The summed E-state index contributed by atoms with van der Waals surface area (Å²) in [5.41, 5.74) is 2.41. The highest BCUT2D eigenvalue weighted by molar-refractivity contribution is 5.31. The molecule has 0 saturated carbocycles. The Balaban J connectivity index is 2.23. The average Bonchev–Trinajstić information content (AvgIpc) is 2.61. The number of likely N-dealkylation sites (N-methyl/N-ethyl adjacent to an activating group) is 1. The molecule has 1 aromatic rings. The number of hydrogen-bond acceptors (Lipinski definition) is 3. The van der Waals surface area contributed by atoms with E-state index in [0.717, 1.165) is 31.4 Å². The van der Waals surface area contributed by atoms with Gasteiger partial charge in [-0.2, -0.15) is 0 Å². The highest BCUT2D eigenvalue weighted by atomic mass is 16.5. The lowest BCUT2D eigenvalue weighted by Gasteiger charge is -2.37. The molecule has 3 heteroatoms. The van der Waals surface area contributed by atoms with Crippen molar-refractivity contribution in [1.82, 2.24) is 4.90 Å². The van der Waals surface area contributed by atoms with E-state index in [1.165, 1.54) is 5.56 Å². The molecule has 0 fully saturated rings. The van der Waals surface area contributed by atoms with Gasteiger partial charge in [0.2, 0.25) is 0 Å². The first-order valence-corrected chi connectivity index (χ1v) is 7.69. The second kappa shape index (κ2) is 7.21. The highest BCUT2D eigenvalue weighted by Gasteiger charge is 2.32. The summed E-state index contributed by atoms with van der Waals surface area (Å²) in [6.45, 7) is 5.99. The third-order valence-corrected chi connectivity index (χ3v) is 4.45. The molecule has 0 amide bonds. The van der Waals surface area contributed by atoms with Crippen LogP contribution >= 0.6 is 0 Å². The summed E-state index contributed by atoms with van der Waals surface area (Å²) in [5.74, 6) is 0. The molecule has 0 spiro atoms. The number of ether oxygens (including phenoxy) is 1. The minimum absolute atomic E-state index is 0.189. The number of aliphatic hydroxyl groups is 1. The molecule has 1 N–H and O–H groups in total. The van der Waals surface area contributed by atoms with Crippen molar-refractivity contribution in [3.63, 3.8) is 0 Å². The number of aryl methyl sites for hydroxylation is 1. The quantitative estimate of drug-likeness (QED) is 0.840. The largest absolute Gasteiger partial charge is 0.387 e. The minimum atomic E-state index is -0.395. The second-order valence-electron chi connectivity index (χ2n) is 5.74. The van der Waals surface area contributed by atoms with Crippen molar-refractivity contribution in [2.75, 3.05) is 20.3 Å². The molecule has 1 aliphatic carbocycles. The fourth-order valence-electron chi connectivity index (χ4n) is 3.47. The number of hydrogen-bond donors (Lipinski definition) is 1. The molecule has 0 aromatic heterocycles. The van der Waals surface area contributed by atoms with Crippen LogP contribution in [0.2, 0.25) is 0 Å². The maximum Gasteiger partial charge on any atom is 0.0947 e. The van der Waals surface area contributed by atoms with Crippen molar-refractivity contribution in [2.45, 2.75) is 51.3 Å². The number of methoxy groups -OCH3 is 1. The lowest BCUT2D eigenvalue weighted by molar-refractivity contribution is 0.00424. The first-order chi connectivity index (χ1) is 9.69. The van der Waals surface area contributed by atoms with Gasteiger partial charge in [0, 0.05) is 19.2 Å². The molecular weight excluding hydrogens is 250 g/mol. The van der Waals surface area contributed by atoms with Gasteiger partial charge in [-0.25, -0.2) is 0 Å². The Morgan fingerprint density at radius 2 is 2.15 bits per heavy atom. The summed E-state index contributed by atoms with van der Waals surface area (Å²) in [5, 5.41) is 10.8. The van der Waals surface area contributed by atoms with Crippen LogP contribution in [0.1, 0.15) is 43.9 Å². The van der Waals surface area contributed by atoms with Crippen molar-refractivity contribution < 1.29 is 9.84 Å². The summed E-state index contributed by atoms with van der Waals surface area (Å²) in [7, 11) is 1.74.